The summed E-state index contributed by atoms with van der Waals surface area (Å²) >= 11 is 4.81. The van der Waals surface area contributed by atoms with E-state index >= 15 is 0 Å². The Kier molecular flexibility index (Phi) is 4.16. The first-order valence-corrected chi connectivity index (χ1v) is 6.90. The Morgan fingerprint density at radius 1 is 1.47 bits per heavy atom. The van der Waals surface area contributed by atoms with Gasteiger partial charge in [0.2, 0.25) is 0 Å². The van der Waals surface area contributed by atoms with Crippen LogP contribution in [0.25, 0.3) is 0 Å². The summed E-state index contributed by atoms with van der Waals surface area (Å²) in [5.41, 5.74) is 0.123. The molecule has 0 aliphatic carbocycles. The largest absolute Gasteiger partial charge is 0.485 e. The lowest BCUT2D eigenvalue weighted by atomic mass is 10.2. The van der Waals surface area contributed by atoms with Crippen molar-refractivity contribution in [1.82, 2.24) is 0 Å². The summed E-state index contributed by atoms with van der Waals surface area (Å²) in [5, 5.41) is 10.7. The molecule has 0 unspecified atom stereocenters. The minimum absolute atomic E-state index is 0.0209. The van der Waals surface area contributed by atoms with Gasteiger partial charge in [0.05, 0.1) is 14.8 Å². The Morgan fingerprint density at radius 2 is 2.21 bits per heavy atom. The van der Waals surface area contributed by atoms with Gasteiger partial charge in [0.15, 0.2) is 11.6 Å². The Hall–Kier alpha value is -1.47. The van der Waals surface area contributed by atoms with E-state index in [1.54, 1.807) is 6.92 Å². The summed E-state index contributed by atoms with van der Waals surface area (Å²) in [6.07, 6.45) is 0. The average molecular weight is 346 g/mol. The molecule has 2 aromatic rings. The van der Waals surface area contributed by atoms with E-state index in [-0.39, 0.29) is 18.0 Å². The van der Waals surface area contributed by atoms with Crippen LogP contribution in [-0.2, 0) is 6.61 Å². The Labute approximate surface area is 121 Å². The lowest BCUT2D eigenvalue weighted by molar-refractivity contribution is -0.385. The molecular weight excluding hydrogens is 337 g/mol. The van der Waals surface area contributed by atoms with Crippen molar-refractivity contribution in [1.29, 1.82) is 0 Å². The van der Waals surface area contributed by atoms with Crippen LogP contribution in [-0.4, -0.2) is 4.92 Å². The number of thiophene rings is 1. The van der Waals surface area contributed by atoms with Crippen LogP contribution in [0.2, 0.25) is 0 Å². The highest BCUT2D eigenvalue weighted by atomic mass is 79.9. The molecule has 4 nitrogen and oxygen atoms in total. The lowest BCUT2D eigenvalue weighted by Crippen LogP contribution is -1.99. The van der Waals surface area contributed by atoms with Crippen LogP contribution in [0.3, 0.4) is 0 Å². The van der Waals surface area contributed by atoms with Gasteiger partial charge < -0.3 is 4.74 Å². The molecule has 1 aromatic carbocycles. The van der Waals surface area contributed by atoms with E-state index in [1.807, 2.05) is 12.1 Å². The second kappa shape index (κ2) is 5.66. The molecular formula is C12H9BrFNO3S. The number of ether oxygens (including phenoxy) is 1. The molecule has 0 amide bonds. The molecule has 0 fully saturated rings. The molecule has 0 aliphatic rings. The quantitative estimate of drug-likeness (QED) is 0.607. The highest BCUT2D eigenvalue weighted by molar-refractivity contribution is 9.11. The molecule has 100 valence electrons. The zero-order chi connectivity index (χ0) is 14.0. The predicted molar refractivity (Wildman–Crippen MR) is 74.1 cm³/mol. The number of benzene rings is 1. The minimum Gasteiger partial charge on any atom is -0.485 e. The average Bonchev–Trinajstić information content (AvgIpc) is 2.75. The van der Waals surface area contributed by atoms with Gasteiger partial charge >= 0.3 is 0 Å². The first-order valence-electron chi connectivity index (χ1n) is 5.29. The van der Waals surface area contributed by atoms with Gasteiger partial charge in [-0.1, -0.05) is 0 Å². The Balaban J connectivity index is 2.17. The van der Waals surface area contributed by atoms with Crippen molar-refractivity contribution < 1.29 is 14.1 Å². The molecule has 0 saturated heterocycles. The van der Waals surface area contributed by atoms with Crippen LogP contribution >= 0.6 is 27.3 Å². The molecule has 0 N–H and O–H groups in total. The fourth-order valence-corrected chi connectivity index (χ4v) is 2.93. The van der Waals surface area contributed by atoms with Crippen molar-refractivity contribution in [3.05, 3.63) is 54.4 Å². The van der Waals surface area contributed by atoms with Gasteiger partial charge in [-0.05, 0) is 41.1 Å². The van der Waals surface area contributed by atoms with Crippen molar-refractivity contribution >= 4 is 33.0 Å². The van der Waals surface area contributed by atoms with Crippen LogP contribution in [0, 0.1) is 22.9 Å². The van der Waals surface area contributed by atoms with Crippen LogP contribution in [0.4, 0.5) is 10.1 Å². The molecule has 0 saturated carbocycles. The summed E-state index contributed by atoms with van der Waals surface area (Å²) in [4.78, 5) is 11.0. The maximum atomic E-state index is 13.7. The zero-order valence-electron chi connectivity index (χ0n) is 9.85. The molecule has 0 atom stereocenters. The first kappa shape index (κ1) is 14.0. The molecule has 1 aromatic heterocycles. The zero-order valence-corrected chi connectivity index (χ0v) is 12.3. The molecule has 7 heteroatoms. The van der Waals surface area contributed by atoms with Crippen molar-refractivity contribution in [2.45, 2.75) is 13.5 Å². The summed E-state index contributed by atoms with van der Waals surface area (Å²) in [7, 11) is 0. The monoisotopic (exact) mass is 345 g/mol. The number of rotatable bonds is 4. The van der Waals surface area contributed by atoms with Gasteiger partial charge in [-0.2, -0.15) is 0 Å². The minimum atomic E-state index is -0.729. The first-order chi connectivity index (χ1) is 8.97. The number of hydrogen-bond acceptors (Lipinski definition) is 4. The van der Waals surface area contributed by atoms with Crippen molar-refractivity contribution in [2.24, 2.45) is 0 Å². The van der Waals surface area contributed by atoms with Crippen LogP contribution in [0.5, 0.6) is 5.75 Å². The van der Waals surface area contributed by atoms with Crippen LogP contribution < -0.4 is 4.74 Å². The van der Waals surface area contributed by atoms with E-state index in [4.69, 9.17) is 4.74 Å². The number of halogens is 2. The molecule has 2 rings (SSSR count). The van der Waals surface area contributed by atoms with Crippen molar-refractivity contribution in [3.8, 4) is 5.75 Å². The summed E-state index contributed by atoms with van der Waals surface area (Å²) < 4.78 is 20.0. The van der Waals surface area contributed by atoms with Crippen LogP contribution in [0.1, 0.15) is 10.4 Å². The fraction of sp³-hybridized carbons (Fsp3) is 0.167. The predicted octanol–water partition coefficient (Wildman–Crippen LogP) is 4.45. The molecule has 19 heavy (non-hydrogen) atoms. The van der Waals surface area contributed by atoms with Gasteiger partial charge in [-0.15, -0.1) is 11.3 Å². The van der Waals surface area contributed by atoms with E-state index in [1.165, 1.54) is 17.4 Å². The number of nitro benzene ring substituents is 1. The van der Waals surface area contributed by atoms with Crippen molar-refractivity contribution in [3.63, 3.8) is 0 Å². The van der Waals surface area contributed by atoms with E-state index in [0.29, 0.717) is 5.56 Å². The van der Waals surface area contributed by atoms with E-state index in [2.05, 4.69) is 15.9 Å². The second-order valence-electron chi connectivity index (χ2n) is 3.82. The molecule has 0 radical (unpaired) electrons. The van der Waals surface area contributed by atoms with Gasteiger partial charge in [0.25, 0.3) is 5.69 Å². The third kappa shape index (κ3) is 3.30. The molecule has 0 bridgehead atoms. The molecule has 0 aliphatic heterocycles. The Bertz CT molecular complexity index is 629. The summed E-state index contributed by atoms with van der Waals surface area (Å²) in [6.45, 7) is 1.77. The number of nitro groups is 1. The topological polar surface area (TPSA) is 52.4 Å². The smallest absolute Gasteiger partial charge is 0.275 e. The lowest BCUT2D eigenvalue weighted by Gasteiger charge is -2.07. The third-order valence-corrected chi connectivity index (χ3v) is 4.04. The van der Waals surface area contributed by atoms with Gasteiger partial charge in [-0.3, -0.25) is 10.1 Å². The van der Waals surface area contributed by atoms with E-state index < -0.39 is 10.7 Å². The van der Waals surface area contributed by atoms with Gasteiger partial charge in [0, 0.05) is 10.4 Å². The second-order valence-corrected chi connectivity index (χ2v) is 6.37. The fourth-order valence-electron chi connectivity index (χ4n) is 1.53. The number of aryl methyl sites for hydroxylation is 1. The van der Waals surface area contributed by atoms with Gasteiger partial charge in [-0.25, -0.2) is 4.39 Å². The maximum absolute atomic E-state index is 13.7. The van der Waals surface area contributed by atoms with E-state index in [0.717, 1.165) is 14.7 Å². The highest BCUT2D eigenvalue weighted by Gasteiger charge is 2.16. The number of hydrogen-bond donors (Lipinski definition) is 0. The van der Waals surface area contributed by atoms with E-state index in [9.17, 15) is 14.5 Å². The summed E-state index contributed by atoms with van der Waals surface area (Å²) in [6, 6.07) is 5.97. The highest BCUT2D eigenvalue weighted by Crippen LogP contribution is 2.29. The SMILES string of the molecule is Cc1cc(OCc2ccc(Br)s2)c(F)cc1[N+](=O)[O-]. The normalized spacial score (nSPS) is 10.5. The van der Waals surface area contributed by atoms with Crippen molar-refractivity contribution in [2.75, 3.05) is 0 Å². The standard InChI is InChI=1S/C12H9BrFNO3S/c1-7-4-11(9(14)5-10(7)15(16)17)18-6-8-2-3-12(13)19-8/h2-5H,6H2,1H3. The number of nitrogens with zero attached hydrogens (tertiary/aromatic N) is 1. The molecule has 1 heterocycles. The Morgan fingerprint density at radius 3 is 2.79 bits per heavy atom. The van der Waals surface area contributed by atoms with Crippen LogP contribution in [0.15, 0.2) is 28.1 Å². The third-order valence-electron chi connectivity index (χ3n) is 2.45. The molecule has 0 spiro atoms. The maximum Gasteiger partial charge on any atom is 0.275 e. The summed E-state index contributed by atoms with van der Waals surface area (Å²) in [5.74, 6) is -0.708. The van der Waals surface area contributed by atoms with Gasteiger partial charge in [0.1, 0.15) is 6.61 Å².